The third-order valence-corrected chi connectivity index (χ3v) is 2.83. The minimum Gasteiger partial charge on any atom is -0.338 e. The molecule has 1 aromatic heterocycles. The molecular weight excluding hydrogens is 288 g/mol. The lowest BCUT2D eigenvalue weighted by atomic mass is 10.1. The van der Waals surface area contributed by atoms with Crippen LogP contribution in [0.4, 0.5) is 26.0 Å². The molecule has 116 valence electrons. The molecule has 6 heteroatoms. The molecule has 0 unspecified atom stereocenters. The molecule has 0 bridgehead atoms. The summed E-state index contributed by atoms with van der Waals surface area (Å²) in [6.45, 7) is 3.92. The summed E-state index contributed by atoms with van der Waals surface area (Å²) in [5.74, 6) is -0.750. The molecular formula is C16H17F2N3O. The Morgan fingerprint density at radius 1 is 1.23 bits per heavy atom. The van der Waals surface area contributed by atoms with Crippen molar-refractivity contribution in [3.8, 4) is 0 Å². The van der Waals surface area contributed by atoms with Crippen LogP contribution in [0.5, 0.6) is 0 Å². The molecule has 0 saturated carbocycles. The lowest BCUT2D eigenvalue weighted by Crippen LogP contribution is -2.14. The van der Waals surface area contributed by atoms with Gasteiger partial charge in [0.05, 0.1) is 17.6 Å². The number of amides is 1. The summed E-state index contributed by atoms with van der Waals surface area (Å²) in [5.41, 5.74) is 0.696. The predicted molar refractivity (Wildman–Crippen MR) is 82.0 cm³/mol. The molecule has 0 aliphatic carbocycles. The van der Waals surface area contributed by atoms with Crippen LogP contribution in [0.1, 0.15) is 20.3 Å². The predicted octanol–water partition coefficient (Wildman–Crippen LogP) is 4.09. The molecule has 1 heterocycles. The lowest BCUT2D eigenvalue weighted by molar-refractivity contribution is -0.116. The molecule has 22 heavy (non-hydrogen) atoms. The third kappa shape index (κ3) is 4.51. The van der Waals surface area contributed by atoms with E-state index in [0.717, 1.165) is 12.1 Å². The van der Waals surface area contributed by atoms with Crippen molar-refractivity contribution in [2.45, 2.75) is 20.3 Å². The van der Waals surface area contributed by atoms with E-state index in [1.54, 1.807) is 12.1 Å². The van der Waals surface area contributed by atoms with Crippen molar-refractivity contribution in [2.24, 2.45) is 5.92 Å². The van der Waals surface area contributed by atoms with E-state index in [2.05, 4.69) is 15.6 Å². The highest BCUT2D eigenvalue weighted by atomic mass is 19.1. The minimum atomic E-state index is -0.698. The summed E-state index contributed by atoms with van der Waals surface area (Å²) in [5, 5.41) is 5.48. The van der Waals surface area contributed by atoms with E-state index < -0.39 is 11.6 Å². The van der Waals surface area contributed by atoms with E-state index in [1.165, 1.54) is 12.3 Å². The maximum Gasteiger partial charge on any atom is 0.224 e. The van der Waals surface area contributed by atoms with Crippen LogP contribution in [0.25, 0.3) is 0 Å². The number of hydrogen-bond acceptors (Lipinski definition) is 3. The number of pyridine rings is 1. The molecule has 1 amide bonds. The summed E-state index contributed by atoms with van der Waals surface area (Å²) in [4.78, 5) is 15.7. The second kappa shape index (κ2) is 6.98. The van der Waals surface area contributed by atoms with E-state index in [1.807, 2.05) is 13.8 Å². The van der Waals surface area contributed by atoms with Gasteiger partial charge in [0.2, 0.25) is 5.91 Å². The average Bonchev–Trinajstić information content (AvgIpc) is 2.43. The summed E-state index contributed by atoms with van der Waals surface area (Å²) >= 11 is 0. The molecule has 0 aliphatic heterocycles. The van der Waals surface area contributed by atoms with Crippen molar-refractivity contribution in [2.75, 3.05) is 10.6 Å². The normalized spacial score (nSPS) is 10.6. The Balaban J connectivity index is 2.01. The fraction of sp³-hybridized carbons (Fsp3) is 0.250. The number of aromatic nitrogens is 1. The van der Waals surface area contributed by atoms with E-state index in [-0.39, 0.29) is 17.5 Å². The number of carbonyl (C=O) groups is 1. The summed E-state index contributed by atoms with van der Waals surface area (Å²) < 4.78 is 26.3. The fourth-order valence-electron chi connectivity index (χ4n) is 1.85. The van der Waals surface area contributed by atoms with E-state index in [4.69, 9.17) is 0 Å². The van der Waals surface area contributed by atoms with Gasteiger partial charge in [0.25, 0.3) is 0 Å². The van der Waals surface area contributed by atoms with Crippen LogP contribution in [0.15, 0.2) is 36.5 Å². The van der Waals surface area contributed by atoms with Gasteiger partial charge in [-0.2, -0.15) is 0 Å². The minimum absolute atomic E-state index is 0.0814. The number of nitrogens with one attached hydrogen (secondary N) is 2. The van der Waals surface area contributed by atoms with Gasteiger partial charge >= 0.3 is 0 Å². The first-order valence-electron chi connectivity index (χ1n) is 6.92. The van der Waals surface area contributed by atoms with Crippen molar-refractivity contribution in [3.63, 3.8) is 0 Å². The molecule has 0 radical (unpaired) electrons. The first-order chi connectivity index (χ1) is 10.4. The number of hydrogen-bond donors (Lipinski definition) is 2. The first kappa shape index (κ1) is 15.9. The van der Waals surface area contributed by atoms with E-state index >= 15 is 0 Å². The van der Waals surface area contributed by atoms with Crippen molar-refractivity contribution in [3.05, 3.63) is 48.2 Å². The summed E-state index contributed by atoms with van der Waals surface area (Å²) in [6, 6.07) is 6.52. The zero-order valence-corrected chi connectivity index (χ0v) is 12.4. The molecule has 0 spiro atoms. The molecule has 2 rings (SSSR count). The maximum atomic E-state index is 13.5. The topological polar surface area (TPSA) is 54.0 Å². The van der Waals surface area contributed by atoms with Gasteiger partial charge in [-0.25, -0.2) is 13.8 Å². The first-order valence-corrected chi connectivity index (χ1v) is 6.92. The second-order valence-corrected chi connectivity index (χ2v) is 5.33. The molecule has 2 aromatic rings. The third-order valence-electron chi connectivity index (χ3n) is 2.83. The SMILES string of the molecule is CC(C)CC(=O)Nc1ccc(Nc2ccc(F)cc2F)nc1. The Hall–Kier alpha value is -2.50. The van der Waals surface area contributed by atoms with Crippen LogP contribution in [-0.2, 0) is 4.79 Å². The largest absolute Gasteiger partial charge is 0.338 e. The zero-order chi connectivity index (χ0) is 16.1. The number of carbonyl (C=O) groups excluding carboxylic acids is 1. The van der Waals surface area contributed by atoms with Gasteiger partial charge in [-0.05, 0) is 30.2 Å². The maximum absolute atomic E-state index is 13.5. The fourth-order valence-corrected chi connectivity index (χ4v) is 1.85. The number of rotatable bonds is 5. The van der Waals surface area contributed by atoms with Crippen molar-refractivity contribution in [1.82, 2.24) is 4.98 Å². The average molecular weight is 305 g/mol. The van der Waals surface area contributed by atoms with Crippen molar-refractivity contribution < 1.29 is 13.6 Å². The monoisotopic (exact) mass is 305 g/mol. The molecule has 0 fully saturated rings. The number of benzene rings is 1. The van der Waals surface area contributed by atoms with Gasteiger partial charge < -0.3 is 10.6 Å². The molecule has 0 saturated heterocycles. The van der Waals surface area contributed by atoms with Crippen LogP contribution in [0.2, 0.25) is 0 Å². The van der Waals surface area contributed by atoms with Crippen LogP contribution in [0, 0.1) is 17.6 Å². The zero-order valence-electron chi connectivity index (χ0n) is 12.4. The lowest BCUT2D eigenvalue weighted by Gasteiger charge is -2.09. The van der Waals surface area contributed by atoms with E-state index in [0.29, 0.717) is 17.9 Å². The van der Waals surface area contributed by atoms with Crippen LogP contribution in [-0.4, -0.2) is 10.9 Å². The van der Waals surface area contributed by atoms with Crippen LogP contribution in [0.3, 0.4) is 0 Å². The number of halogens is 2. The van der Waals surface area contributed by atoms with Gasteiger partial charge in [0.1, 0.15) is 17.5 Å². The Morgan fingerprint density at radius 2 is 2.00 bits per heavy atom. The van der Waals surface area contributed by atoms with Gasteiger partial charge in [-0.3, -0.25) is 4.79 Å². The Morgan fingerprint density at radius 3 is 2.59 bits per heavy atom. The highest BCUT2D eigenvalue weighted by molar-refractivity contribution is 5.90. The van der Waals surface area contributed by atoms with Crippen molar-refractivity contribution >= 4 is 23.1 Å². The summed E-state index contributed by atoms with van der Waals surface area (Å²) in [6.07, 6.45) is 1.91. The highest BCUT2D eigenvalue weighted by Gasteiger charge is 2.07. The second-order valence-electron chi connectivity index (χ2n) is 5.33. The highest BCUT2D eigenvalue weighted by Crippen LogP contribution is 2.20. The van der Waals surface area contributed by atoms with Crippen LogP contribution >= 0.6 is 0 Å². The summed E-state index contributed by atoms with van der Waals surface area (Å²) in [7, 11) is 0. The molecule has 0 atom stereocenters. The molecule has 1 aromatic carbocycles. The van der Waals surface area contributed by atoms with Crippen LogP contribution < -0.4 is 10.6 Å². The van der Waals surface area contributed by atoms with Crippen molar-refractivity contribution in [1.29, 1.82) is 0 Å². The smallest absolute Gasteiger partial charge is 0.224 e. The Labute approximate surface area is 127 Å². The van der Waals surface area contributed by atoms with Gasteiger partial charge in [0.15, 0.2) is 0 Å². The van der Waals surface area contributed by atoms with Gasteiger partial charge in [-0.15, -0.1) is 0 Å². The number of nitrogens with zero attached hydrogens (tertiary/aromatic N) is 1. The molecule has 2 N–H and O–H groups in total. The molecule has 4 nitrogen and oxygen atoms in total. The number of anilines is 3. The van der Waals surface area contributed by atoms with E-state index in [9.17, 15) is 13.6 Å². The Kier molecular flexibility index (Phi) is 5.04. The van der Waals surface area contributed by atoms with Gasteiger partial charge in [-0.1, -0.05) is 13.8 Å². The Bertz CT molecular complexity index is 657. The molecule has 0 aliphatic rings. The van der Waals surface area contributed by atoms with Gasteiger partial charge in [0, 0.05) is 12.5 Å². The standard InChI is InChI=1S/C16H17F2N3O/c1-10(2)7-16(22)20-12-4-6-15(19-9-12)21-14-5-3-11(17)8-13(14)18/h3-6,8-10H,7H2,1-2H3,(H,19,21)(H,20,22). The quantitative estimate of drug-likeness (QED) is 0.875.